The fourth-order valence-electron chi connectivity index (χ4n) is 1.67. The molecule has 0 radical (unpaired) electrons. The zero-order chi connectivity index (χ0) is 13.8. The molecule has 2 rings (SSSR count). The minimum Gasteiger partial charge on any atom is -0.478 e. The highest BCUT2D eigenvalue weighted by Crippen LogP contribution is 2.34. The van der Waals surface area contributed by atoms with Gasteiger partial charge in [0.15, 0.2) is 11.5 Å². The van der Waals surface area contributed by atoms with E-state index in [0.717, 1.165) is 17.7 Å². The first-order chi connectivity index (χ1) is 9.06. The first kappa shape index (κ1) is 12.9. The second-order valence-corrected chi connectivity index (χ2v) is 4.01. The molecule has 19 heavy (non-hydrogen) atoms. The lowest BCUT2D eigenvalue weighted by Crippen LogP contribution is -2.24. The Hall–Kier alpha value is -2.50. The van der Waals surface area contributed by atoms with Gasteiger partial charge in [-0.15, -0.1) is 0 Å². The van der Waals surface area contributed by atoms with Gasteiger partial charge in [0, 0.05) is 12.2 Å². The van der Waals surface area contributed by atoms with Crippen molar-refractivity contribution in [3.63, 3.8) is 0 Å². The summed E-state index contributed by atoms with van der Waals surface area (Å²) in [6.07, 6.45) is 1.77. The van der Waals surface area contributed by atoms with Crippen molar-refractivity contribution in [3.05, 3.63) is 35.9 Å². The van der Waals surface area contributed by atoms with Gasteiger partial charge >= 0.3 is 5.97 Å². The zero-order valence-electron chi connectivity index (χ0n) is 10.3. The molecule has 6 nitrogen and oxygen atoms in total. The Morgan fingerprint density at radius 2 is 2.05 bits per heavy atom. The summed E-state index contributed by atoms with van der Waals surface area (Å²) in [6.45, 7) is 1.99. The van der Waals surface area contributed by atoms with Crippen molar-refractivity contribution in [1.29, 1.82) is 0 Å². The highest BCUT2D eigenvalue weighted by molar-refractivity contribution is 5.94. The molecule has 0 aliphatic carbocycles. The molecule has 0 unspecified atom stereocenters. The first-order valence-corrected chi connectivity index (χ1v) is 5.67. The number of carbonyl (C=O) groups excluding carboxylic acids is 1. The standard InChI is InChI=1S/C13H13NO5/c1-8(14-12(15)4-5-13(16)17)9-2-3-10-11(6-9)19-7-18-10/h2-6,8H,7H2,1H3,(H,14,15)(H,16,17)/b5-4-/t8-/m1/s1. The van der Waals surface area contributed by atoms with Crippen LogP contribution in [-0.4, -0.2) is 23.8 Å². The molecule has 1 aliphatic heterocycles. The van der Waals surface area contributed by atoms with Crippen LogP contribution in [-0.2, 0) is 9.59 Å². The summed E-state index contributed by atoms with van der Waals surface area (Å²) in [5.41, 5.74) is 0.848. The lowest BCUT2D eigenvalue weighted by Gasteiger charge is -2.13. The van der Waals surface area contributed by atoms with Crippen molar-refractivity contribution in [2.24, 2.45) is 0 Å². The summed E-state index contributed by atoms with van der Waals surface area (Å²) in [4.78, 5) is 21.7. The summed E-state index contributed by atoms with van der Waals surface area (Å²) in [5, 5.41) is 11.1. The third kappa shape index (κ3) is 3.25. The van der Waals surface area contributed by atoms with E-state index in [2.05, 4.69) is 5.32 Å². The van der Waals surface area contributed by atoms with Gasteiger partial charge in [-0.05, 0) is 24.6 Å². The number of hydrogen-bond acceptors (Lipinski definition) is 4. The van der Waals surface area contributed by atoms with E-state index in [1.54, 1.807) is 19.1 Å². The molecule has 6 heteroatoms. The number of aliphatic carboxylic acids is 1. The SMILES string of the molecule is C[C@@H](NC(=O)/C=C\C(=O)O)c1ccc2c(c1)OCO2. The van der Waals surface area contributed by atoms with Crippen LogP contribution in [0.15, 0.2) is 30.4 Å². The Bertz CT molecular complexity index is 538. The number of fused-ring (bicyclic) bond motifs is 1. The van der Waals surface area contributed by atoms with Crippen molar-refractivity contribution in [2.75, 3.05) is 6.79 Å². The van der Waals surface area contributed by atoms with E-state index in [4.69, 9.17) is 14.6 Å². The maximum absolute atomic E-state index is 11.4. The molecule has 2 N–H and O–H groups in total. The highest BCUT2D eigenvalue weighted by atomic mass is 16.7. The molecule has 1 aromatic carbocycles. The summed E-state index contributed by atoms with van der Waals surface area (Å²) in [5.74, 6) is -0.314. The van der Waals surface area contributed by atoms with Crippen LogP contribution in [0.3, 0.4) is 0 Å². The number of carbonyl (C=O) groups is 2. The number of amides is 1. The molecule has 0 spiro atoms. The number of hydrogen-bond donors (Lipinski definition) is 2. The molecule has 1 heterocycles. The molecular formula is C13H13NO5. The van der Waals surface area contributed by atoms with Crippen molar-refractivity contribution < 1.29 is 24.2 Å². The van der Waals surface area contributed by atoms with E-state index in [9.17, 15) is 9.59 Å². The second kappa shape index (κ2) is 5.43. The van der Waals surface area contributed by atoms with Crippen LogP contribution in [0.4, 0.5) is 0 Å². The van der Waals surface area contributed by atoms with Gasteiger partial charge in [-0.3, -0.25) is 4.79 Å². The highest BCUT2D eigenvalue weighted by Gasteiger charge is 2.16. The third-order valence-electron chi connectivity index (χ3n) is 2.63. The number of carboxylic acid groups (broad SMARTS) is 1. The molecule has 1 amide bonds. The van der Waals surface area contributed by atoms with Gasteiger partial charge in [0.1, 0.15) is 0 Å². The van der Waals surface area contributed by atoms with Crippen LogP contribution in [0.5, 0.6) is 11.5 Å². The van der Waals surface area contributed by atoms with Crippen LogP contribution in [0.2, 0.25) is 0 Å². The fourth-order valence-corrected chi connectivity index (χ4v) is 1.67. The van der Waals surface area contributed by atoms with Gasteiger partial charge in [-0.1, -0.05) is 6.07 Å². The van der Waals surface area contributed by atoms with Crippen LogP contribution >= 0.6 is 0 Å². The molecule has 1 aliphatic rings. The Labute approximate surface area is 109 Å². The van der Waals surface area contributed by atoms with Crippen molar-refractivity contribution in [3.8, 4) is 11.5 Å². The Morgan fingerprint density at radius 3 is 2.79 bits per heavy atom. The molecule has 0 bridgehead atoms. The molecule has 0 fully saturated rings. The lowest BCUT2D eigenvalue weighted by atomic mass is 10.1. The number of carboxylic acids is 1. The summed E-state index contributed by atoms with van der Waals surface area (Å²) < 4.78 is 10.4. The topological polar surface area (TPSA) is 84.9 Å². The van der Waals surface area contributed by atoms with Crippen LogP contribution in [0, 0.1) is 0 Å². The molecule has 0 saturated heterocycles. The maximum atomic E-state index is 11.4. The van der Waals surface area contributed by atoms with Crippen LogP contribution in [0.1, 0.15) is 18.5 Å². The van der Waals surface area contributed by atoms with Gasteiger partial charge in [-0.2, -0.15) is 0 Å². The summed E-state index contributed by atoms with van der Waals surface area (Å²) in [7, 11) is 0. The number of nitrogens with one attached hydrogen (secondary N) is 1. The van der Waals surface area contributed by atoms with Crippen molar-refractivity contribution >= 4 is 11.9 Å². The van der Waals surface area contributed by atoms with Crippen molar-refractivity contribution in [2.45, 2.75) is 13.0 Å². The van der Waals surface area contributed by atoms with E-state index in [1.807, 2.05) is 6.07 Å². The molecule has 1 aromatic rings. The lowest BCUT2D eigenvalue weighted by molar-refractivity contribution is -0.131. The van der Waals surface area contributed by atoms with Gasteiger partial charge in [0.25, 0.3) is 0 Å². The van der Waals surface area contributed by atoms with Gasteiger partial charge in [0.2, 0.25) is 12.7 Å². The molecule has 0 aromatic heterocycles. The minimum absolute atomic E-state index is 0.195. The van der Waals surface area contributed by atoms with E-state index in [0.29, 0.717) is 11.5 Å². The van der Waals surface area contributed by atoms with Gasteiger partial charge in [-0.25, -0.2) is 4.79 Å². The van der Waals surface area contributed by atoms with Crippen molar-refractivity contribution in [1.82, 2.24) is 5.32 Å². The Kier molecular flexibility index (Phi) is 3.70. The molecule has 1 atom stereocenters. The smallest absolute Gasteiger partial charge is 0.328 e. The predicted molar refractivity (Wildman–Crippen MR) is 65.9 cm³/mol. The molecule has 100 valence electrons. The quantitative estimate of drug-likeness (QED) is 0.798. The average molecular weight is 263 g/mol. The number of ether oxygens (including phenoxy) is 2. The van der Waals surface area contributed by atoms with Gasteiger partial charge < -0.3 is 19.9 Å². The fraction of sp³-hybridized carbons (Fsp3) is 0.231. The molecular weight excluding hydrogens is 250 g/mol. The summed E-state index contributed by atoms with van der Waals surface area (Å²) in [6, 6.07) is 5.11. The minimum atomic E-state index is -1.16. The monoisotopic (exact) mass is 263 g/mol. The van der Waals surface area contributed by atoms with E-state index in [1.165, 1.54) is 0 Å². The van der Waals surface area contributed by atoms with E-state index in [-0.39, 0.29) is 12.8 Å². The maximum Gasteiger partial charge on any atom is 0.328 e. The largest absolute Gasteiger partial charge is 0.478 e. The first-order valence-electron chi connectivity index (χ1n) is 5.67. The predicted octanol–water partition coefficient (Wildman–Crippen LogP) is 1.23. The summed E-state index contributed by atoms with van der Waals surface area (Å²) >= 11 is 0. The van der Waals surface area contributed by atoms with Crippen LogP contribution in [0.25, 0.3) is 0 Å². The Morgan fingerprint density at radius 1 is 1.32 bits per heavy atom. The molecule has 0 saturated carbocycles. The average Bonchev–Trinajstić information content (AvgIpc) is 2.83. The number of rotatable bonds is 4. The van der Waals surface area contributed by atoms with Crippen LogP contribution < -0.4 is 14.8 Å². The van der Waals surface area contributed by atoms with E-state index < -0.39 is 11.9 Å². The third-order valence-corrected chi connectivity index (χ3v) is 2.63. The Balaban J connectivity index is 2.02. The van der Waals surface area contributed by atoms with E-state index >= 15 is 0 Å². The second-order valence-electron chi connectivity index (χ2n) is 4.01. The van der Waals surface area contributed by atoms with Gasteiger partial charge in [0.05, 0.1) is 6.04 Å². The number of benzene rings is 1. The zero-order valence-corrected chi connectivity index (χ0v) is 10.3. The normalized spacial score (nSPS) is 14.4.